The molecule has 252 valence electrons. The first-order chi connectivity index (χ1) is 23.7. The quantitative estimate of drug-likeness (QED) is 0.150. The number of H-pyrrole nitrogens is 2. The van der Waals surface area contributed by atoms with Crippen LogP contribution >= 0.6 is 0 Å². The summed E-state index contributed by atoms with van der Waals surface area (Å²) in [7, 11) is 3.53. The number of piperidine rings is 1. The van der Waals surface area contributed by atoms with Crippen molar-refractivity contribution < 1.29 is 14.3 Å². The highest BCUT2D eigenvalue weighted by Gasteiger charge is 2.45. The lowest BCUT2D eigenvalue weighted by molar-refractivity contribution is -0.131. The Morgan fingerprint density at radius 3 is 2.31 bits per heavy atom. The first-order valence-electron chi connectivity index (χ1n) is 17.3. The number of hydrogen-bond donors (Lipinski definition) is 3. The van der Waals surface area contributed by atoms with E-state index in [1.807, 2.05) is 12.4 Å². The van der Waals surface area contributed by atoms with E-state index in [0.717, 1.165) is 57.9 Å². The van der Waals surface area contributed by atoms with Gasteiger partial charge in [-0.05, 0) is 90.1 Å². The number of ether oxygens (including phenoxy) is 1. The summed E-state index contributed by atoms with van der Waals surface area (Å²) < 4.78 is 4.62. The van der Waals surface area contributed by atoms with Crippen LogP contribution in [-0.2, 0) is 16.1 Å². The summed E-state index contributed by atoms with van der Waals surface area (Å²) in [5, 5.41) is 4.80. The average Bonchev–Trinajstić information content (AvgIpc) is 3.65. The van der Waals surface area contributed by atoms with E-state index >= 15 is 0 Å². The van der Waals surface area contributed by atoms with Gasteiger partial charge in [-0.25, -0.2) is 14.8 Å². The molecule has 0 unspecified atom stereocenters. The van der Waals surface area contributed by atoms with Crippen LogP contribution in [0.3, 0.4) is 0 Å². The maximum Gasteiger partial charge on any atom is 0.407 e. The molecule has 1 saturated heterocycles. The molecule has 2 bridgehead atoms. The van der Waals surface area contributed by atoms with Gasteiger partial charge in [0.2, 0.25) is 5.91 Å². The third-order valence-corrected chi connectivity index (χ3v) is 11.0. The summed E-state index contributed by atoms with van der Waals surface area (Å²) in [4.78, 5) is 45.3. The van der Waals surface area contributed by atoms with Crippen molar-refractivity contribution in [1.82, 2.24) is 35.1 Å². The van der Waals surface area contributed by atoms with E-state index in [1.165, 1.54) is 37.5 Å². The largest absolute Gasteiger partial charge is 0.453 e. The number of amides is 2. The number of alkyl carbamates (subject to hydrolysis) is 1. The number of fused-ring (bicyclic) bond motifs is 3. The normalized spacial score (nSPS) is 20.8. The van der Waals surface area contributed by atoms with E-state index in [9.17, 15) is 9.59 Å². The molecule has 3 atom stereocenters. The maximum atomic E-state index is 13.0. The third kappa shape index (κ3) is 6.33. The Morgan fingerprint density at radius 2 is 1.59 bits per heavy atom. The lowest BCUT2D eigenvalue weighted by Crippen LogP contribution is -2.42. The molecule has 3 aliphatic rings. The van der Waals surface area contributed by atoms with Crippen LogP contribution in [0.5, 0.6) is 0 Å². The molecule has 10 heteroatoms. The van der Waals surface area contributed by atoms with Crippen molar-refractivity contribution in [2.24, 2.45) is 11.3 Å². The van der Waals surface area contributed by atoms with E-state index in [-0.39, 0.29) is 17.9 Å². The molecule has 3 heterocycles. The molecule has 5 aromatic rings. The molecule has 3 aromatic carbocycles. The Hall–Kier alpha value is -4.96. The summed E-state index contributed by atoms with van der Waals surface area (Å²) in [6, 6.07) is 22.8. The van der Waals surface area contributed by atoms with Gasteiger partial charge in [-0.2, -0.15) is 0 Å². The molecule has 49 heavy (non-hydrogen) atoms. The number of aromatic nitrogens is 4. The van der Waals surface area contributed by atoms with E-state index < -0.39 is 6.09 Å². The second-order valence-electron chi connectivity index (χ2n) is 14.5. The number of hydrogen-bond acceptors (Lipinski definition) is 6. The minimum atomic E-state index is -0.620. The van der Waals surface area contributed by atoms with E-state index in [4.69, 9.17) is 4.98 Å². The number of methoxy groups -OCH3 is 1. The number of likely N-dealkylation sites (tertiary alicyclic amines) is 1. The lowest BCUT2D eigenvalue weighted by atomic mass is 9.98. The van der Waals surface area contributed by atoms with E-state index in [1.54, 1.807) is 4.90 Å². The molecule has 0 spiro atoms. The summed E-state index contributed by atoms with van der Waals surface area (Å²) >= 11 is 0. The van der Waals surface area contributed by atoms with Crippen molar-refractivity contribution in [1.29, 1.82) is 0 Å². The van der Waals surface area contributed by atoms with Crippen molar-refractivity contribution in [3.63, 3.8) is 0 Å². The van der Waals surface area contributed by atoms with Gasteiger partial charge in [0.1, 0.15) is 18.2 Å². The zero-order chi connectivity index (χ0) is 33.7. The molecule has 10 nitrogen and oxygen atoms in total. The summed E-state index contributed by atoms with van der Waals surface area (Å²) in [5.74, 6) is 2.35. The number of nitrogens with one attached hydrogen (secondary N) is 3. The molecule has 2 amide bonds. The highest BCUT2D eigenvalue weighted by atomic mass is 16.5. The van der Waals surface area contributed by atoms with Gasteiger partial charge in [-0.3, -0.25) is 9.69 Å². The van der Waals surface area contributed by atoms with E-state index in [0.29, 0.717) is 31.0 Å². The van der Waals surface area contributed by atoms with Crippen molar-refractivity contribution in [2.75, 3.05) is 27.2 Å². The van der Waals surface area contributed by atoms with Gasteiger partial charge in [0.15, 0.2) is 0 Å². The van der Waals surface area contributed by atoms with Crippen LogP contribution in [0.4, 0.5) is 4.79 Å². The first kappa shape index (κ1) is 31.3. The predicted octanol–water partition coefficient (Wildman–Crippen LogP) is 6.93. The summed E-state index contributed by atoms with van der Waals surface area (Å²) in [6.07, 6.45) is 9.27. The van der Waals surface area contributed by atoms with Gasteiger partial charge < -0.3 is 24.9 Å². The number of aromatic amines is 2. The average molecular weight is 658 g/mol. The number of carbonyl (C=O) groups is 2. The van der Waals surface area contributed by atoms with Crippen molar-refractivity contribution in [3.8, 4) is 33.6 Å². The number of imidazole rings is 2. The van der Waals surface area contributed by atoms with Gasteiger partial charge in [-0.15, -0.1) is 0 Å². The summed E-state index contributed by atoms with van der Waals surface area (Å²) in [6.45, 7) is 3.03. The fourth-order valence-electron chi connectivity index (χ4n) is 7.86. The fourth-order valence-corrected chi connectivity index (χ4v) is 7.86. The van der Waals surface area contributed by atoms with Crippen molar-refractivity contribution >= 4 is 22.8 Å². The molecule has 3 N–H and O–H groups in total. The van der Waals surface area contributed by atoms with Crippen LogP contribution in [-0.4, -0.2) is 75.0 Å². The van der Waals surface area contributed by atoms with Gasteiger partial charge in [0, 0.05) is 18.2 Å². The smallest absolute Gasteiger partial charge is 0.407 e. The Bertz CT molecular complexity index is 2010. The molecule has 1 aliphatic heterocycles. The SMILES string of the molecule is COC(=O)NCC(=O)N(Cc1ncc(-c2ccc3cc(-c4ccc(-c5cnc([C@@H]6[C@H]7CC[C@H](C7)N6C)[nH]5)cc4)ccc3c2)[nH]1)CC1(C)CC1. The fraction of sp³-hybridized carbons (Fsp3) is 0.385. The Morgan fingerprint density at radius 1 is 0.918 bits per heavy atom. The van der Waals surface area contributed by atoms with Crippen LogP contribution in [0.2, 0.25) is 0 Å². The maximum absolute atomic E-state index is 13.0. The number of benzene rings is 3. The predicted molar refractivity (Wildman–Crippen MR) is 189 cm³/mol. The van der Waals surface area contributed by atoms with Crippen LogP contribution < -0.4 is 5.32 Å². The first-order valence-corrected chi connectivity index (χ1v) is 17.3. The molecule has 3 fully saturated rings. The Labute approximate surface area is 286 Å². The lowest BCUT2D eigenvalue weighted by Gasteiger charge is -2.30. The number of nitrogens with zero attached hydrogens (tertiary/aromatic N) is 4. The number of carbonyl (C=O) groups excluding carboxylic acids is 2. The molecule has 8 rings (SSSR count). The third-order valence-electron chi connectivity index (χ3n) is 11.0. The highest BCUT2D eigenvalue weighted by Crippen LogP contribution is 2.48. The van der Waals surface area contributed by atoms with Crippen LogP contribution in [0.25, 0.3) is 44.4 Å². The number of rotatable bonds is 10. The Balaban J connectivity index is 0.947. The van der Waals surface area contributed by atoms with Crippen molar-refractivity contribution in [3.05, 3.63) is 84.7 Å². The van der Waals surface area contributed by atoms with Crippen molar-refractivity contribution in [2.45, 2.75) is 57.7 Å². The molecular formula is C39H43N7O3. The van der Waals surface area contributed by atoms with Crippen LogP contribution in [0.1, 0.15) is 56.7 Å². The van der Waals surface area contributed by atoms with Crippen LogP contribution in [0, 0.1) is 11.3 Å². The van der Waals surface area contributed by atoms with Gasteiger partial charge in [0.25, 0.3) is 0 Å². The summed E-state index contributed by atoms with van der Waals surface area (Å²) in [5.41, 5.74) is 6.58. The van der Waals surface area contributed by atoms with Gasteiger partial charge in [0.05, 0.1) is 43.5 Å². The van der Waals surface area contributed by atoms with Gasteiger partial charge >= 0.3 is 6.09 Å². The molecule has 2 saturated carbocycles. The zero-order valence-corrected chi connectivity index (χ0v) is 28.3. The molecule has 2 aromatic heterocycles. The van der Waals surface area contributed by atoms with Crippen LogP contribution in [0.15, 0.2) is 73.1 Å². The zero-order valence-electron chi connectivity index (χ0n) is 28.3. The minimum absolute atomic E-state index is 0.114. The van der Waals surface area contributed by atoms with Gasteiger partial charge in [-0.1, -0.05) is 55.5 Å². The van der Waals surface area contributed by atoms with E-state index in [2.05, 4.69) is 105 Å². The highest BCUT2D eigenvalue weighted by molar-refractivity contribution is 5.90. The topological polar surface area (TPSA) is 119 Å². The monoisotopic (exact) mass is 657 g/mol. The second kappa shape index (κ2) is 12.5. The second-order valence-corrected chi connectivity index (χ2v) is 14.5. The molecular weight excluding hydrogens is 614 g/mol. The molecule has 2 aliphatic carbocycles. The minimum Gasteiger partial charge on any atom is -0.453 e. The standard InChI is InChI=1S/C39H43N7O3/c1-39(14-15-39)23-46(35(47)21-42-38(48)49-3)22-34-40-19-33(43-34)29-11-10-27-16-26(8-9-28(27)17-29)24-4-6-25(7-5-24)32-20-41-37(44-32)36-30-12-13-31(18-30)45(36)2/h4-11,16-17,19-20,30-31,36H,12-15,18,21-23H2,1-3H3,(H,40,43)(H,41,44)(H,42,48)/t30-,31+,36-/m0/s1. The molecule has 0 radical (unpaired) electrons. The Kier molecular flexibility index (Phi) is 7.98.